The van der Waals surface area contributed by atoms with Crippen molar-refractivity contribution >= 4 is 17.3 Å². The van der Waals surface area contributed by atoms with Crippen LogP contribution in [0, 0.1) is 11.3 Å². The predicted octanol–water partition coefficient (Wildman–Crippen LogP) is 2.72. The molecule has 140 valence electrons. The van der Waals surface area contributed by atoms with E-state index >= 15 is 0 Å². The Bertz CT molecular complexity index is 804. The summed E-state index contributed by atoms with van der Waals surface area (Å²) < 4.78 is 5.21. The fourth-order valence-electron chi connectivity index (χ4n) is 3.20. The lowest BCUT2D eigenvalue weighted by Crippen LogP contribution is -2.52. The van der Waals surface area contributed by atoms with Gasteiger partial charge in [0.2, 0.25) is 5.91 Å². The average molecular weight is 364 g/mol. The molecule has 2 aromatic rings. The molecular formula is C21H24N4O2. The van der Waals surface area contributed by atoms with Gasteiger partial charge in [-0.05, 0) is 55.5 Å². The number of nitrogens with zero attached hydrogens (tertiary/aromatic N) is 3. The molecule has 6 heteroatoms. The van der Waals surface area contributed by atoms with Crippen LogP contribution in [0.15, 0.2) is 48.5 Å². The van der Waals surface area contributed by atoms with Gasteiger partial charge in [-0.2, -0.15) is 5.26 Å². The second-order valence-electron chi connectivity index (χ2n) is 6.58. The van der Waals surface area contributed by atoms with Crippen LogP contribution in [0.1, 0.15) is 12.5 Å². The molecule has 2 aromatic carbocycles. The second-order valence-corrected chi connectivity index (χ2v) is 6.58. The zero-order chi connectivity index (χ0) is 19.2. The van der Waals surface area contributed by atoms with E-state index in [1.807, 2.05) is 19.1 Å². The number of hydrogen-bond donors (Lipinski definition) is 1. The zero-order valence-electron chi connectivity index (χ0n) is 15.7. The summed E-state index contributed by atoms with van der Waals surface area (Å²) in [6.07, 6.45) is 0. The molecule has 1 atom stereocenters. The minimum atomic E-state index is -0.210. The SMILES string of the molecule is COc1ccc(N2CCN([C@@H](C)C(=O)Nc3ccc(C#N)cc3)CC2)cc1. The van der Waals surface area contributed by atoms with Gasteiger partial charge in [0.25, 0.3) is 0 Å². The third-order valence-corrected chi connectivity index (χ3v) is 4.96. The van der Waals surface area contributed by atoms with E-state index < -0.39 is 0 Å². The molecule has 1 amide bonds. The highest BCUT2D eigenvalue weighted by Gasteiger charge is 2.25. The van der Waals surface area contributed by atoms with Gasteiger partial charge in [0.1, 0.15) is 5.75 Å². The van der Waals surface area contributed by atoms with E-state index in [-0.39, 0.29) is 11.9 Å². The molecule has 1 heterocycles. The van der Waals surface area contributed by atoms with Gasteiger partial charge >= 0.3 is 0 Å². The molecular weight excluding hydrogens is 340 g/mol. The van der Waals surface area contributed by atoms with Crippen molar-refractivity contribution in [1.82, 2.24) is 4.90 Å². The Hall–Kier alpha value is -3.04. The molecule has 0 unspecified atom stereocenters. The van der Waals surface area contributed by atoms with Gasteiger partial charge in [-0.25, -0.2) is 0 Å². The Morgan fingerprint density at radius 2 is 1.70 bits per heavy atom. The predicted molar refractivity (Wildman–Crippen MR) is 106 cm³/mol. The van der Waals surface area contributed by atoms with Crippen LogP contribution in [0.4, 0.5) is 11.4 Å². The minimum absolute atomic E-state index is 0.0300. The second kappa shape index (κ2) is 8.56. The Balaban J connectivity index is 1.53. The molecule has 1 N–H and O–H groups in total. The lowest BCUT2D eigenvalue weighted by Gasteiger charge is -2.38. The highest BCUT2D eigenvalue weighted by atomic mass is 16.5. The van der Waals surface area contributed by atoms with E-state index in [1.165, 1.54) is 5.69 Å². The van der Waals surface area contributed by atoms with Crippen LogP contribution >= 0.6 is 0 Å². The number of hydrogen-bond acceptors (Lipinski definition) is 5. The largest absolute Gasteiger partial charge is 0.497 e. The Kier molecular flexibility index (Phi) is 5.94. The molecule has 0 bridgehead atoms. The molecule has 0 radical (unpaired) electrons. The van der Waals surface area contributed by atoms with E-state index in [0.717, 1.165) is 31.9 Å². The van der Waals surface area contributed by atoms with E-state index in [4.69, 9.17) is 10.00 Å². The normalized spacial score (nSPS) is 15.7. The fourth-order valence-corrected chi connectivity index (χ4v) is 3.20. The van der Waals surface area contributed by atoms with Crippen molar-refractivity contribution in [2.24, 2.45) is 0 Å². The van der Waals surface area contributed by atoms with Crippen molar-refractivity contribution in [2.75, 3.05) is 43.5 Å². The highest BCUT2D eigenvalue weighted by molar-refractivity contribution is 5.94. The lowest BCUT2D eigenvalue weighted by molar-refractivity contribution is -0.120. The Labute approximate surface area is 160 Å². The van der Waals surface area contributed by atoms with Crippen molar-refractivity contribution < 1.29 is 9.53 Å². The van der Waals surface area contributed by atoms with E-state index in [0.29, 0.717) is 11.3 Å². The molecule has 0 saturated carbocycles. The van der Waals surface area contributed by atoms with Gasteiger partial charge in [-0.3, -0.25) is 9.69 Å². The maximum atomic E-state index is 12.5. The Morgan fingerprint density at radius 3 is 2.26 bits per heavy atom. The summed E-state index contributed by atoms with van der Waals surface area (Å²) in [5.74, 6) is 0.822. The van der Waals surface area contributed by atoms with Gasteiger partial charge in [0, 0.05) is 37.6 Å². The zero-order valence-corrected chi connectivity index (χ0v) is 15.7. The van der Waals surface area contributed by atoms with Crippen molar-refractivity contribution in [1.29, 1.82) is 5.26 Å². The van der Waals surface area contributed by atoms with Crippen LogP contribution in [0.2, 0.25) is 0 Å². The smallest absolute Gasteiger partial charge is 0.241 e. The number of amides is 1. The summed E-state index contributed by atoms with van der Waals surface area (Å²) in [5, 5.41) is 11.8. The van der Waals surface area contributed by atoms with Crippen LogP contribution in [0.5, 0.6) is 5.75 Å². The number of nitrogens with one attached hydrogen (secondary N) is 1. The maximum Gasteiger partial charge on any atom is 0.241 e. The number of rotatable bonds is 5. The fraction of sp³-hybridized carbons (Fsp3) is 0.333. The van der Waals surface area contributed by atoms with Crippen molar-refractivity contribution in [3.63, 3.8) is 0 Å². The first-order valence-electron chi connectivity index (χ1n) is 9.05. The number of nitriles is 1. The van der Waals surface area contributed by atoms with E-state index in [9.17, 15) is 4.79 Å². The molecule has 0 aliphatic carbocycles. The van der Waals surface area contributed by atoms with Gasteiger partial charge in [-0.15, -0.1) is 0 Å². The highest BCUT2D eigenvalue weighted by Crippen LogP contribution is 2.21. The molecule has 6 nitrogen and oxygen atoms in total. The van der Waals surface area contributed by atoms with Crippen LogP contribution in [0.3, 0.4) is 0 Å². The topological polar surface area (TPSA) is 68.6 Å². The molecule has 1 saturated heterocycles. The van der Waals surface area contributed by atoms with Crippen LogP contribution < -0.4 is 15.0 Å². The molecule has 0 spiro atoms. The van der Waals surface area contributed by atoms with Crippen LogP contribution in [0.25, 0.3) is 0 Å². The van der Waals surface area contributed by atoms with Gasteiger partial charge in [0.15, 0.2) is 0 Å². The molecule has 1 aliphatic heterocycles. The molecule has 27 heavy (non-hydrogen) atoms. The summed E-state index contributed by atoms with van der Waals surface area (Å²) in [6.45, 7) is 5.34. The Morgan fingerprint density at radius 1 is 1.07 bits per heavy atom. The van der Waals surface area contributed by atoms with Crippen molar-refractivity contribution in [3.8, 4) is 11.8 Å². The van der Waals surface area contributed by atoms with Crippen molar-refractivity contribution in [3.05, 3.63) is 54.1 Å². The van der Waals surface area contributed by atoms with Gasteiger partial charge in [-0.1, -0.05) is 0 Å². The number of carbonyl (C=O) groups is 1. The van der Waals surface area contributed by atoms with E-state index in [1.54, 1.807) is 31.4 Å². The first-order valence-corrected chi connectivity index (χ1v) is 9.05. The lowest BCUT2D eigenvalue weighted by atomic mass is 10.1. The monoisotopic (exact) mass is 364 g/mol. The first kappa shape index (κ1) is 18.7. The van der Waals surface area contributed by atoms with Gasteiger partial charge in [0.05, 0.1) is 24.8 Å². The summed E-state index contributed by atoms with van der Waals surface area (Å²) in [6, 6.07) is 16.8. The first-order chi connectivity index (χ1) is 13.1. The summed E-state index contributed by atoms with van der Waals surface area (Å²) in [4.78, 5) is 17.1. The number of methoxy groups -OCH3 is 1. The molecule has 0 aromatic heterocycles. The number of piperazine rings is 1. The molecule has 3 rings (SSSR count). The third-order valence-electron chi connectivity index (χ3n) is 4.96. The van der Waals surface area contributed by atoms with Crippen LogP contribution in [-0.2, 0) is 4.79 Å². The molecule has 1 fully saturated rings. The maximum absolute atomic E-state index is 12.5. The number of ether oxygens (including phenoxy) is 1. The summed E-state index contributed by atoms with van der Waals surface area (Å²) in [5.41, 5.74) is 2.46. The number of carbonyl (C=O) groups excluding carboxylic acids is 1. The summed E-state index contributed by atoms with van der Waals surface area (Å²) in [7, 11) is 1.66. The standard InChI is InChI=1S/C21H24N4O2/c1-16(21(26)23-18-5-3-17(15-22)4-6-18)24-11-13-25(14-12-24)19-7-9-20(27-2)10-8-19/h3-10,16H,11-14H2,1-2H3,(H,23,26)/t16-/m0/s1. The molecule has 1 aliphatic rings. The quantitative estimate of drug-likeness (QED) is 0.883. The summed E-state index contributed by atoms with van der Waals surface area (Å²) >= 11 is 0. The minimum Gasteiger partial charge on any atom is -0.497 e. The number of benzene rings is 2. The average Bonchev–Trinajstić information content (AvgIpc) is 2.74. The third kappa shape index (κ3) is 4.57. The van der Waals surface area contributed by atoms with E-state index in [2.05, 4.69) is 33.3 Å². The van der Waals surface area contributed by atoms with Crippen LogP contribution in [-0.4, -0.2) is 50.1 Å². The van der Waals surface area contributed by atoms with Gasteiger partial charge < -0.3 is 15.0 Å². The van der Waals surface area contributed by atoms with Crippen molar-refractivity contribution in [2.45, 2.75) is 13.0 Å². The number of anilines is 2.